The topological polar surface area (TPSA) is 82.2 Å². The molecule has 1 fully saturated rings. The molecule has 5 nitrogen and oxygen atoms in total. The molecule has 0 atom stereocenters. The van der Waals surface area contributed by atoms with E-state index in [2.05, 4.69) is 17.5 Å². The summed E-state index contributed by atoms with van der Waals surface area (Å²) in [4.78, 5) is 16.1. The van der Waals surface area contributed by atoms with E-state index in [-0.39, 0.29) is 23.7 Å². The van der Waals surface area contributed by atoms with Gasteiger partial charge in [-0.05, 0) is 77.4 Å². The van der Waals surface area contributed by atoms with Crippen LogP contribution in [0.2, 0.25) is 0 Å². The van der Waals surface area contributed by atoms with Gasteiger partial charge in [-0.15, -0.1) is 0 Å². The Kier molecular flexibility index (Phi) is 6.50. The number of nitrogens with zero attached hydrogens (tertiary/aromatic N) is 2. The zero-order valence-corrected chi connectivity index (χ0v) is 20.2. The van der Waals surface area contributed by atoms with Crippen LogP contribution in [-0.2, 0) is 18.4 Å². The van der Waals surface area contributed by atoms with E-state index in [1.54, 1.807) is 6.07 Å². The number of nitrogens with one attached hydrogen (secondary N) is 1. The number of hydrogen-bond acceptors (Lipinski definition) is 4. The lowest BCUT2D eigenvalue weighted by atomic mass is 9.79. The van der Waals surface area contributed by atoms with Crippen LogP contribution in [0.5, 0.6) is 0 Å². The standard InChI is InChI=1S/C28H27FN4OS/c29-25-5-3-4-22(23(25)12-15-30)20-8-11-26-24(16-20)28(13-1-2-14-28)18-33(26)27(34)32-17-19-6-9-21(35-31)10-7-19/h3-11,16H,1-2,12-14,17-18,31H2,(H,32,34). The van der Waals surface area contributed by atoms with Crippen molar-refractivity contribution in [2.75, 3.05) is 11.4 Å². The Hall–Kier alpha value is -3.34. The number of benzene rings is 3. The van der Waals surface area contributed by atoms with Gasteiger partial charge < -0.3 is 5.32 Å². The lowest BCUT2D eigenvalue weighted by molar-refractivity contribution is 0.245. The summed E-state index contributed by atoms with van der Waals surface area (Å²) in [6, 6.07) is 20.8. The Labute approximate surface area is 209 Å². The second-order valence-electron chi connectivity index (χ2n) is 9.33. The zero-order chi connectivity index (χ0) is 24.4. The van der Waals surface area contributed by atoms with Crippen LogP contribution >= 0.6 is 11.9 Å². The second kappa shape index (κ2) is 9.73. The average Bonchev–Trinajstić information content (AvgIpc) is 3.49. The highest BCUT2D eigenvalue weighted by molar-refractivity contribution is 7.97. The van der Waals surface area contributed by atoms with Crippen LogP contribution in [0.25, 0.3) is 11.1 Å². The predicted molar refractivity (Wildman–Crippen MR) is 137 cm³/mol. The number of fused-ring (bicyclic) bond motifs is 2. The van der Waals surface area contributed by atoms with Gasteiger partial charge in [0, 0.05) is 34.7 Å². The van der Waals surface area contributed by atoms with Crippen molar-refractivity contribution in [1.29, 1.82) is 5.26 Å². The summed E-state index contributed by atoms with van der Waals surface area (Å²) in [5, 5.41) is 17.9. The number of amides is 2. The number of carbonyl (C=O) groups excluding carboxylic acids is 1. The highest BCUT2D eigenvalue weighted by atomic mass is 32.2. The number of urea groups is 1. The summed E-state index contributed by atoms with van der Waals surface area (Å²) in [5.41, 5.74) is 5.05. The molecule has 1 spiro atoms. The minimum absolute atomic E-state index is 0.0176. The molecule has 35 heavy (non-hydrogen) atoms. The highest BCUT2D eigenvalue weighted by Crippen LogP contribution is 2.51. The van der Waals surface area contributed by atoms with Crippen molar-refractivity contribution in [2.45, 2.75) is 49.0 Å². The summed E-state index contributed by atoms with van der Waals surface area (Å²) in [5.74, 6) is -0.362. The third kappa shape index (κ3) is 4.40. The van der Waals surface area contributed by atoms with Crippen LogP contribution in [-0.4, -0.2) is 12.6 Å². The molecule has 1 aliphatic carbocycles. The fraction of sp³-hybridized carbons (Fsp3) is 0.286. The zero-order valence-electron chi connectivity index (χ0n) is 19.4. The van der Waals surface area contributed by atoms with Crippen LogP contribution in [0, 0.1) is 17.1 Å². The van der Waals surface area contributed by atoms with E-state index in [0.717, 1.165) is 58.5 Å². The lowest BCUT2D eigenvalue weighted by Crippen LogP contribution is -2.41. The van der Waals surface area contributed by atoms with Crippen molar-refractivity contribution in [2.24, 2.45) is 5.14 Å². The van der Waals surface area contributed by atoms with Crippen molar-refractivity contribution in [1.82, 2.24) is 5.32 Å². The molecule has 3 N–H and O–H groups in total. The van der Waals surface area contributed by atoms with Gasteiger partial charge in [0.2, 0.25) is 0 Å². The van der Waals surface area contributed by atoms with Crippen molar-refractivity contribution >= 4 is 23.7 Å². The Bertz CT molecular complexity index is 1300. The Balaban J connectivity index is 1.45. The molecule has 0 radical (unpaired) electrons. The first-order valence-electron chi connectivity index (χ1n) is 11.8. The van der Waals surface area contributed by atoms with Gasteiger partial charge in [0.05, 0.1) is 12.5 Å². The number of anilines is 1. The van der Waals surface area contributed by atoms with Gasteiger partial charge in [-0.2, -0.15) is 5.26 Å². The van der Waals surface area contributed by atoms with Gasteiger partial charge in [0.15, 0.2) is 0 Å². The highest BCUT2D eigenvalue weighted by Gasteiger charge is 2.46. The molecule has 2 aliphatic rings. The van der Waals surface area contributed by atoms with E-state index >= 15 is 0 Å². The first-order chi connectivity index (χ1) is 17.0. The summed E-state index contributed by atoms with van der Waals surface area (Å²) in [6.45, 7) is 1.08. The molecule has 0 bridgehead atoms. The fourth-order valence-corrected chi connectivity index (χ4v) is 5.84. The minimum Gasteiger partial charge on any atom is -0.334 e. The molecule has 0 saturated heterocycles. The SMILES string of the molecule is N#CCc1c(F)cccc1-c1ccc2c(c1)C1(CCCC1)CN2C(=O)NCc1ccc(SN)cc1. The van der Waals surface area contributed by atoms with Crippen molar-refractivity contribution in [3.05, 3.63) is 83.2 Å². The number of rotatable bonds is 5. The molecule has 2 amide bonds. The number of nitriles is 1. The molecular weight excluding hydrogens is 459 g/mol. The molecule has 0 unspecified atom stereocenters. The molecule has 1 heterocycles. The van der Waals surface area contributed by atoms with Crippen molar-refractivity contribution in [3.63, 3.8) is 0 Å². The molecule has 5 rings (SSSR count). The first kappa shape index (κ1) is 23.4. The maximum absolute atomic E-state index is 14.5. The van der Waals surface area contributed by atoms with Gasteiger partial charge in [0.25, 0.3) is 0 Å². The van der Waals surface area contributed by atoms with Gasteiger partial charge in [0.1, 0.15) is 5.82 Å². The quantitative estimate of drug-likeness (QED) is 0.429. The largest absolute Gasteiger partial charge is 0.334 e. The van der Waals surface area contributed by atoms with Gasteiger partial charge in [-0.25, -0.2) is 9.18 Å². The van der Waals surface area contributed by atoms with Gasteiger partial charge in [-0.1, -0.05) is 43.2 Å². The van der Waals surface area contributed by atoms with Gasteiger partial charge in [-0.3, -0.25) is 10.0 Å². The van der Waals surface area contributed by atoms with E-state index in [9.17, 15) is 14.4 Å². The maximum Gasteiger partial charge on any atom is 0.322 e. The van der Waals surface area contributed by atoms with Gasteiger partial charge >= 0.3 is 6.03 Å². The van der Waals surface area contributed by atoms with Crippen LogP contribution in [0.15, 0.2) is 65.6 Å². The summed E-state index contributed by atoms with van der Waals surface area (Å²) in [7, 11) is 0. The molecular formula is C28H27FN4OS. The minimum atomic E-state index is -0.362. The molecule has 1 saturated carbocycles. The van der Waals surface area contributed by atoms with E-state index in [1.807, 2.05) is 47.4 Å². The second-order valence-corrected chi connectivity index (χ2v) is 10.0. The Morgan fingerprint density at radius 3 is 2.63 bits per heavy atom. The fourth-order valence-electron chi connectivity index (χ4n) is 5.54. The Morgan fingerprint density at radius 2 is 1.91 bits per heavy atom. The lowest BCUT2D eigenvalue weighted by Gasteiger charge is -2.25. The van der Waals surface area contributed by atoms with Crippen LogP contribution in [0.4, 0.5) is 14.9 Å². The molecule has 7 heteroatoms. The number of carbonyl (C=O) groups is 1. The molecule has 3 aromatic carbocycles. The smallest absolute Gasteiger partial charge is 0.322 e. The maximum atomic E-state index is 14.5. The summed E-state index contributed by atoms with van der Waals surface area (Å²) in [6.07, 6.45) is 4.33. The number of hydrogen-bond donors (Lipinski definition) is 2. The summed E-state index contributed by atoms with van der Waals surface area (Å²) >= 11 is 1.20. The third-order valence-corrected chi connectivity index (χ3v) is 7.86. The number of halogens is 1. The number of nitrogens with two attached hydrogens (primary N) is 1. The normalized spacial score (nSPS) is 15.7. The predicted octanol–water partition coefficient (Wildman–Crippen LogP) is 6.07. The summed E-state index contributed by atoms with van der Waals surface area (Å²) < 4.78 is 14.5. The van der Waals surface area contributed by atoms with Crippen molar-refractivity contribution < 1.29 is 9.18 Å². The molecule has 3 aromatic rings. The molecule has 1 aliphatic heterocycles. The van der Waals surface area contributed by atoms with Crippen LogP contribution in [0.1, 0.15) is 42.4 Å². The van der Waals surface area contributed by atoms with Crippen LogP contribution in [0.3, 0.4) is 0 Å². The first-order valence-corrected chi connectivity index (χ1v) is 12.7. The Morgan fingerprint density at radius 1 is 1.14 bits per heavy atom. The molecule has 0 aromatic heterocycles. The van der Waals surface area contributed by atoms with Crippen LogP contribution < -0.4 is 15.4 Å². The van der Waals surface area contributed by atoms with Crippen molar-refractivity contribution in [3.8, 4) is 17.2 Å². The van der Waals surface area contributed by atoms with E-state index in [4.69, 9.17) is 5.14 Å². The van der Waals surface area contributed by atoms with E-state index in [1.165, 1.54) is 18.0 Å². The van der Waals surface area contributed by atoms with E-state index in [0.29, 0.717) is 18.7 Å². The third-order valence-electron chi connectivity index (χ3n) is 7.31. The average molecular weight is 487 g/mol. The monoisotopic (exact) mass is 486 g/mol. The van der Waals surface area contributed by atoms with E-state index < -0.39 is 0 Å². The molecule has 178 valence electrons.